The highest BCUT2D eigenvalue weighted by Gasteiger charge is 2.06. The second kappa shape index (κ2) is 5.69. The number of aryl methyl sites for hydroxylation is 2. The summed E-state index contributed by atoms with van der Waals surface area (Å²) in [6, 6.07) is 5.79. The van der Waals surface area contributed by atoms with Gasteiger partial charge in [0.15, 0.2) is 0 Å². The molecule has 0 unspecified atom stereocenters. The van der Waals surface area contributed by atoms with Gasteiger partial charge in [-0.25, -0.2) is 4.98 Å². The van der Waals surface area contributed by atoms with Crippen LogP contribution >= 0.6 is 0 Å². The maximum absolute atomic E-state index is 9.30. The standard InChI is InChI=1S/C14H18N2O2/c1-3-16-7-6-15-14(16)10-18-13-5-4-11(2)8-12(13)9-17/h4-8,17H,3,9-10H2,1-2H3. The van der Waals surface area contributed by atoms with E-state index in [4.69, 9.17) is 4.74 Å². The predicted octanol–water partition coefficient (Wildman–Crippen LogP) is 2.28. The van der Waals surface area contributed by atoms with Crippen LogP contribution in [0, 0.1) is 6.92 Å². The van der Waals surface area contributed by atoms with Gasteiger partial charge in [-0.1, -0.05) is 17.7 Å². The topological polar surface area (TPSA) is 47.3 Å². The molecule has 96 valence electrons. The van der Waals surface area contributed by atoms with Crippen molar-refractivity contribution in [2.24, 2.45) is 0 Å². The Morgan fingerprint density at radius 1 is 1.39 bits per heavy atom. The summed E-state index contributed by atoms with van der Waals surface area (Å²) in [4.78, 5) is 4.25. The largest absolute Gasteiger partial charge is 0.485 e. The fraction of sp³-hybridized carbons (Fsp3) is 0.357. The van der Waals surface area contributed by atoms with Gasteiger partial charge in [0, 0.05) is 24.5 Å². The van der Waals surface area contributed by atoms with Crippen molar-refractivity contribution in [1.29, 1.82) is 0 Å². The predicted molar refractivity (Wildman–Crippen MR) is 69.3 cm³/mol. The van der Waals surface area contributed by atoms with Crippen molar-refractivity contribution in [3.8, 4) is 5.75 Å². The van der Waals surface area contributed by atoms with Crippen molar-refractivity contribution in [3.05, 3.63) is 47.5 Å². The molecule has 0 aliphatic carbocycles. The van der Waals surface area contributed by atoms with Gasteiger partial charge in [-0.2, -0.15) is 0 Å². The molecule has 1 aromatic heterocycles. The molecule has 0 fully saturated rings. The average Bonchev–Trinajstić information content (AvgIpc) is 2.84. The van der Waals surface area contributed by atoms with Crippen molar-refractivity contribution < 1.29 is 9.84 Å². The minimum absolute atomic E-state index is 0.0147. The molecule has 1 aromatic carbocycles. The summed E-state index contributed by atoms with van der Waals surface area (Å²) >= 11 is 0. The first kappa shape index (κ1) is 12.6. The van der Waals surface area contributed by atoms with Crippen LogP contribution in [0.1, 0.15) is 23.9 Å². The molecule has 4 nitrogen and oxygen atoms in total. The van der Waals surface area contributed by atoms with Crippen molar-refractivity contribution >= 4 is 0 Å². The number of aromatic nitrogens is 2. The van der Waals surface area contributed by atoms with Crippen LogP contribution in [0.15, 0.2) is 30.6 Å². The van der Waals surface area contributed by atoms with Crippen molar-refractivity contribution in [2.75, 3.05) is 0 Å². The lowest BCUT2D eigenvalue weighted by molar-refractivity contribution is 0.253. The maximum atomic E-state index is 9.30. The third kappa shape index (κ3) is 2.71. The summed E-state index contributed by atoms with van der Waals surface area (Å²) in [6.07, 6.45) is 3.70. The first-order valence-corrected chi connectivity index (χ1v) is 6.07. The molecule has 4 heteroatoms. The summed E-state index contributed by atoms with van der Waals surface area (Å²) in [5, 5.41) is 9.30. The van der Waals surface area contributed by atoms with Crippen LogP contribution in [0.4, 0.5) is 0 Å². The van der Waals surface area contributed by atoms with Gasteiger partial charge in [0.1, 0.15) is 18.2 Å². The third-order valence-corrected chi connectivity index (χ3v) is 2.89. The van der Waals surface area contributed by atoms with Crippen LogP contribution < -0.4 is 4.74 Å². The molecule has 2 aromatic rings. The van der Waals surface area contributed by atoms with Crippen LogP contribution in [0.3, 0.4) is 0 Å². The molecule has 18 heavy (non-hydrogen) atoms. The Morgan fingerprint density at radius 3 is 2.94 bits per heavy atom. The van der Waals surface area contributed by atoms with E-state index in [-0.39, 0.29) is 6.61 Å². The van der Waals surface area contributed by atoms with Crippen LogP contribution in [-0.4, -0.2) is 14.7 Å². The quantitative estimate of drug-likeness (QED) is 0.880. The molecule has 0 saturated carbocycles. The number of benzene rings is 1. The van der Waals surface area contributed by atoms with Gasteiger partial charge in [0.05, 0.1) is 6.61 Å². The number of hydrogen-bond acceptors (Lipinski definition) is 3. The van der Waals surface area contributed by atoms with E-state index in [0.717, 1.165) is 23.5 Å². The lowest BCUT2D eigenvalue weighted by Crippen LogP contribution is -2.06. The van der Waals surface area contributed by atoms with Gasteiger partial charge in [-0.05, 0) is 19.9 Å². The Balaban J connectivity index is 2.10. The first-order valence-electron chi connectivity index (χ1n) is 6.07. The molecular formula is C14H18N2O2. The van der Waals surface area contributed by atoms with E-state index in [0.29, 0.717) is 12.4 Å². The molecule has 0 aliphatic rings. The fourth-order valence-electron chi connectivity index (χ4n) is 1.88. The van der Waals surface area contributed by atoms with Gasteiger partial charge in [0.2, 0.25) is 0 Å². The Morgan fingerprint density at radius 2 is 2.22 bits per heavy atom. The Kier molecular flexibility index (Phi) is 3.99. The molecule has 0 amide bonds. The maximum Gasteiger partial charge on any atom is 0.146 e. The van der Waals surface area contributed by atoms with Gasteiger partial charge < -0.3 is 14.4 Å². The zero-order valence-electron chi connectivity index (χ0n) is 10.8. The van der Waals surface area contributed by atoms with Gasteiger partial charge in [0.25, 0.3) is 0 Å². The fourth-order valence-corrected chi connectivity index (χ4v) is 1.88. The monoisotopic (exact) mass is 246 g/mol. The average molecular weight is 246 g/mol. The van der Waals surface area contributed by atoms with E-state index in [1.807, 2.05) is 35.9 Å². The molecule has 2 rings (SSSR count). The van der Waals surface area contributed by atoms with Crippen LogP contribution in [0.2, 0.25) is 0 Å². The summed E-state index contributed by atoms with van der Waals surface area (Å²) in [6.45, 7) is 5.33. The second-order valence-corrected chi connectivity index (χ2v) is 4.19. The van der Waals surface area contributed by atoms with E-state index in [2.05, 4.69) is 11.9 Å². The van der Waals surface area contributed by atoms with Gasteiger partial charge >= 0.3 is 0 Å². The minimum atomic E-state index is -0.0147. The zero-order valence-corrected chi connectivity index (χ0v) is 10.8. The number of aliphatic hydroxyl groups excluding tert-OH is 1. The van der Waals surface area contributed by atoms with E-state index >= 15 is 0 Å². The van der Waals surface area contributed by atoms with Crippen molar-refractivity contribution in [1.82, 2.24) is 9.55 Å². The molecule has 0 saturated heterocycles. The second-order valence-electron chi connectivity index (χ2n) is 4.19. The number of hydrogen-bond donors (Lipinski definition) is 1. The van der Waals surface area contributed by atoms with E-state index in [1.165, 1.54) is 0 Å². The summed E-state index contributed by atoms with van der Waals surface area (Å²) in [5.41, 5.74) is 1.92. The number of imidazole rings is 1. The molecule has 1 heterocycles. The molecule has 0 aliphatic heterocycles. The third-order valence-electron chi connectivity index (χ3n) is 2.89. The highest BCUT2D eigenvalue weighted by Crippen LogP contribution is 2.21. The molecule has 0 atom stereocenters. The number of aliphatic hydroxyl groups is 1. The molecule has 0 radical (unpaired) electrons. The minimum Gasteiger partial charge on any atom is -0.485 e. The molecule has 0 spiro atoms. The number of ether oxygens (including phenoxy) is 1. The molecule has 0 bridgehead atoms. The van der Waals surface area contributed by atoms with Gasteiger partial charge in [-0.3, -0.25) is 0 Å². The highest BCUT2D eigenvalue weighted by atomic mass is 16.5. The van der Waals surface area contributed by atoms with Gasteiger partial charge in [-0.15, -0.1) is 0 Å². The molecule has 1 N–H and O–H groups in total. The number of rotatable bonds is 5. The summed E-state index contributed by atoms with van der Waals surface area (Å²) < 4.78 is 7.76. The summed E-state index contributed by atoms with van der Waals surface area (Å²) in [5.74, 6) is 1.61. The highest BCUT2D eigenvalue weighted by molar-refractivity contribution is 5.36. The van der Waals surface area contributed by atoms with E-state index < -0.39 is 0 Å². The Labute approximate surface area is 107 Å². The summed E-state index contributed by atoms with van der Waals surface area (Å²) in [7, 11) is 0. The zero-order chi connectivity index (χ0) is 13.0. The Hall–Kier alpha value is -1.81. The Bertz CT molecular complexity index is 520. The SMILES string of the molecule is CCn1ccnc1COc1ccc(C)cc1CO. The number of nitrogens with zero attached hydrogens (tertiary/aromatic N) is 2. The van der Waals surface area contributed by atoms with Crippen molar-refractivity contribution in [2.45, 2.75) is 33.6 Å². The lowest BCUT2D eigenvalue weighted by atomic mass is 10.1. The van der Waals surface area contributed by atoms with Crippen LogP contribution in [0.5, 0.6) is 5.75 Å². The molecular weight excluding hydrogens is 228 g/mol. The lowest BCUT2D eigenvalue weighted by Gasteiger charge is -2.11. The first-order chi connectivity index (χ1) is 8.74. The van der Waals surface area contributed by atoms with Crippen LogP contribution in [-0.2, 0) is 19.8 Å². The van der Waals surface area contributed by atoms with E-state index in [9.17, 15) is 5.11 Å². The van der Waals surface area contributed by atoms with Crippen LogP contribution in [0.25, 0.3) is 0 Å². The van der Waals surface area contributed by atoms with E-state index in [1.54, 1.807) is 6.20 Å². The van der Waals surface area contributed by atoms with Crippen molar-refractivity contribution in [3.63, 3.8) is 0 Å². The smallest absolute Gasteiger partial charge is 0.146 e. The normalized spacial score (nSPS) is 10.6.